The molecule has 11 heteroatoms. The Morgan fingerprint density at radius 2 is 2.23 bits per heavy atom. The maximum absolute atomic E-state index is 14.3. The molecule has 5 atom stereocenters. The molecule has 0 radical (unpaired) electrons. The number of hydrogen-bond acceptors (Lipinski definition) is 8. The van der Waals surface area contributed by atoms with Crippen molar-refractivity contribution in [2.45, 2.75) is 50.7 Å². The number of esters is 1. The number of aliphatic hydroxyl groups is 1. The molecule has 1 aliphatic heterocycles. The summed E-state index contributed by atoms with van der Waals surface area (Å²) in [5.41, 5.74) is 9.97. The average molecular weight is 376 g/mol. The topological polar surface area (TPSA) is 143 Å². The summed E-state index contributed by atoms with van der Waals surface area (Å²) >= 11 is 0. The van der Waals surface area contributed by atoms with Gasteiger partial charge in [0.25, 0.3) is 0 Å². The first kappa shape index (κ1) is 20.2. The fourth-order valence-corrected chi connectivity index (χ4v) is 2.46. The summed E-state index contributed by atoms with van der Waals surface area (Å²) in [7, 11) is 0. The molecule has 0 spiro atoms. The molecule has 0 saturated carbocycles. The SMILES string of the molecule is CCC(C)[C@H](N)C(=O)OC[C@H]1O[C@@H](n2ccc(N)nc2=O)C(F)(F)[C@@H]1O. The summed E-state index contributed by atoms with van der Waals surface area (Å²) in [6.07, 6.45) is -4.31. The Bertz CT molecular complexity index is 714. The van der Waals surface area contributed by atoms with Gasteiger partial charge in [-0.25, -0.2) is 4.79 Å². The lowest BCUT2D eigenvalue weighted by molar-refractivity contribution is -0.153. The maximum atomic E-state index is 14.3. The molecule has 0 aliphatic carbocycles. The molecule has 0 bridgehead atoms. The monoisotopic (exact) mass is 376 g/mol. The van der Waals surface area contributed by atoms with Gasteiger partial charge in [0.15, 0.2) is 6.10 Å². The molecule has 2 heterocycles. The second-order valence-corrected chi connectivity index (χ2v) is 6.23. The number of carbonyl (C=O) groups is 1. The zero-order valence-electron chi connectivity index (χ0n) is 14.3. The van der Waals surface area contributed by atoms with Gasteiger partial charge in [-0.15, -0.1) is 0 Å². The number of aliphatic hydroxyl groups excluding tert-OH is 1. The van der Waals surface area contributed by atoms with Gasteiger partial charge in [0, 0.05) is 6.20 Å². The largest absolute Gasteiger partial charge is 0.462 e. The van der Waals surface area contributed by atoms with E-state index in [9.17, 15) is 23.5 Å². The maximum Gasteiger partial charge on any atom is 0.351 e. The van der Waals surface area contributed by atoms with E-state index in [1.165, 1.54) is 0 Å². The molecule has 1 saturated heterocycles. The molecule has 146 valence electrons. The van der Waals surface area contributed by atoms with E-state index in [-0.39, 0.29) is 11.7 Å². The predicted molar refractivity (Wildman–Crippen MR) is 86.2 cm³/mol. The molecular formula is C15H22F2N4O5. The van der Waals surface area contributed by atoms with Crippen molar-refractivity contribution in [2.75, 3.05) is 12.3 Å². The van der Waals surface area contributed by atoms with Crippen LogP contribution in [0, 0.1) is 5.92 Å². The van der Waals surface area contributed by atoms with Crippen LogP contribution in [0.1, 0.15) is 26.5 Å². The van der Waals surface area contributed by atoms with Crippen LogP contribution in [0.3, 0.4) is 0 Å². The van der Waals surface area contributed by atoms with E-state index in [2.05, 4.69) is 4.98 Å². The number of alkyl halides is 2. The highest BCUT2D eigenvalue weighted by Crippen LogP contribution is 2.42. The van der Waals surface area contributed by atoms with E-state index >= 15 is 0 Å². The number of hydrogen-bond donors (Lipinski definition) is 3. The summed E-state index contributed by atoms with van der Waals surface area (Å²) in [5, 5.41) is 9.84. The molecule has 5 N–H and O–H groups in total. The van der Waals surface area contributed by atoms with Gasteiger partial charge in [-0.2, -0.15) is 13.8 Å². The zero-order valence-corrected chi connectivity index (χ0v) is 14.3. The molecule has 1 aliphatic rings. The van der Waals surface area contributed by atoms with Crippen molar-refractivity contribution >= 4 is 11.8 Å². The van der Waals surface area contributed by atoms with Crippen molar-refractivity contribution in [1.29, 1.82) is 0 Å². The van der Waals surface area contributed by atoms with Crippen LogP contribution < -0.4 is 17.2 Å². The molecule has 26 heavy (non-hydrogen) atoms. The first-order valence-electron chi connectivity index (χ1n) is 8.07. The third-order valence-corrected chi connectivity index (χ3v) is 4.40. The number of nitrogen functional groups attached to an aromatic ring is 1. The van der Waals surface area contributed by atoms with Crippen LogP contribution in [-0.2, 0) is 14.3 Å². The van der Waals surface area contributed by atoms with Crippen LogP contribution in [0.25, 0.3) is 0 Å². The van der Waals surface area contributed by atoms with E-state index in [0.29, 0.717) is 11.0 Å². The number of anilines is 1. The number of rotatable bonds is 6. The number of ether oxygens (including phenoxy) is 2. The van der Waals surface area contributed by atoms with Crippen LogP contribution in [0.5, 0.6) is 0 Å². The Labute approximate surface area is 147 Å². The molecule has 1 unspecified atom stereocenters. The number of aromatic nitrogens is 2. The Morgan fingerprint density at radius 3 is 2.81 bits per heavy atom. The average Bonchev–Trinajstić information content (AvgIpc) is 2.81. The first-order chi connectivity index (χ1) is 12.1. The third kappa shape index (κ3) is 3.84. The van der Waals surface area contributed by atoms with Crippen LogP contribution in [-0.4, -0.2) is 51.4 Å². The Kier molecular flexibility index (Phi) is 5.94. The van der Waals surface area contributed by atoms with Gasteiger partial charge in [0.2, 0.25) is 6.23 Å². The fourth-order valence-electron chi connectivity index (χ4n) is 2.46. The second kappa shape index (κ2) is 7.64. The lowest BCUT2D eigenvalue weighted by Crippen LogP contribution is -2.43. The Balaban J connectivity index is 2.11. The van der Waals surface area contributed by atoms with Crippen molar-refractivity contribution in [3.05, 3.63) is 22.7 Å². The zero-order chi connectivity index (χ0) is 19.6. The van der Waals surface area contributed by atoms with E-state index in [0.717, 1.165) is 12.3 Å². The Morgan fingerprint density at radius 1 is 1.58 bits per heavy atom. The summed E-state index contributed by atoms with van der Waals surface area (Å²) < 4.78 is 39.2. The van der Waals surface area contributed by atoms with Crippen LogP contribution in [0.15, 0.2) is 17.1 Å². The fraction of sp³-hybridized carbons (Fsp3) is 0.667. The predicted octanol–water partition coefficient (Wildman–Crippen LogP) is -0.364. The minimum atomic E-state index is -3.81. The summed E-state index contributed by atoms with van der Waals surface area (Å²) in [5.74, 6) is -4.89. The van der Waals surface area contributed by atoms with E-state index < -0.39 is 48.7 Å². The van der Waals surface area contributed by atoms with Crippen molar-refractivity contribution in [3.63, 3.8) is 0 Å². The molecule has 9 nitrogen and oxygen atoms in total. The van der Waals surface area contributed by atoms with Crippen LogP contribution >= 0.6 is 0 Å². The summed E-state index contributed by atoms with van der Waals surface area (Å²) in [6.45, 7) is 2.95. The van der Waals surface area contributed by atoms with Gasteiger partial charge in [-0.05, 0) is 12.0 Å². The molecule has 2 rings (SSSR count). The minimum absolute atomic E-state index is 0.141. The molecule has 0 aromatic carbocycles. The van der Waals surface area contributed by atoms with Crippen molar-refractivity contribution < 1.29 is 28.2 Å². The second-order valence-electron chi connectivity index (χ2n) is 6.23. The van der Waals surface area contributed by atoms with Gasteiger partial charge in [-0.1, -0.05) is 20.3 Å². The normalized spacial score (nSPS) is 27.1. The highest BCUT2D eigenvalue weighted by atomic mass is 19.3. The first-order valence-corrected chi connectivity index (χ1v) is 8.07. The molecule has 1 fully saturated rings. The van der Waals surface area contributed by atoms with E-state index in [4.69, 9.17) is 20.9 Å². The van der Waals surface area contributed by atoms with Gasteiger partial charge < -0.3 is 26.0 Å². The van der Waals surface area contributed by atoms with Crippen LogP contribution in [0.2, 0.25) is 0 Å². The van der Waals surface area contributed by atoms with E-state index in [1.807, 2.05) is 6.92 Å². The van der Waals surface area contributed by atoms with Gasteiger partial charge in [0.05, 0.1) is 0 Å². The number of carbonyl (C=O) groups excluding carboxylic acids is 1. The third-order valence-electron chi connectivity index (χ3n) is 4.40. The Hall–Kier alpha value is -2.11. The molecule has 0 amide bonds. The number of nitrogens with zero attached hydrogens (tertiary/aromatic N) is 2. The number of halogens is 2. The van der Waals surface area contributed by atoms with E-state index in [1.54, 1.807) is 6.92 Å². The van der Waals surface area contributed by atoms with Gasteiger partial charge in [-0.3, -0.25) is 9.36 Å². The lowest BCUT2D eigenvalue weighted by atomic mass is 10.0. The highest BCUT2D eigenvalue weighted by molar-refractivity contribution is 5.75. The van der Waals surface area contributed by atoms with Gasteiger partial charge in [0.1, 0.15) is 24.6 Å². The molecule has 1 aromatic heterocycles. The van der Waals surface area contributed by atoms with Crippen molar-refractivity contribution in [3.8, 4) is 0 Å². The quantitative estimate of drug-likeness (QED) is 0.571. The summed E-state index contributed by atoms with van der Waals surface area (Å²) in [6, 6.07) is 0.227. The van der Waals surface area contributed by atoms with Gasteiger partial charge >= 0.3 is 17.6 Å². The molecule has 1 aromatic rings. The molecular weight excluding hydrogens is 354 g/mol. The highest BCUT2D eigenvalue weighted by Gasteiger charge is 2.60. The number of nitrogens with two attached hydrogens (primary N) is 2. The standard InChI is InChI=1S/C15H22F2N4O5/c1-3-7(2)10(19)12(23)25-6-8-11(22)15(16,17)13(26-8)21-5-4-9(18)20-14(21)24/h4-5,7-8,10-11,13,22H,3,6,19H2,1-2H3,(H2,18,20,24)/t7?,8-,10+,11-,13-/m1/s1. The van der Waals surface area contributed by atoms with Crippen molar-refractivity contribution in [1.82, 2.24) is 9.55 Å². The lowest BCUT2D eigenvalue weighted by Gasteiger charge is -2.20. The summed E-state index contributed by atoms with van der Waals surface area (Å²) in [4.78, 5) is 27.0. The smallest absolute Gasteiger partial charge is 0.351 e. The van der Waals surface area contributed by atoms with Crippen molar-refractivity contribution in [2.24, 2.45) is 11.7 Å². The minimum Gasteiger partial charge on any atom is -0.462 e. The van der Waals surface area contributed by atoms with Crippen LogP contribution in [0.4, 0.5) is 14.6 Å².